The highest BCUT2D eigenvalue weighted by molar-refractivity contribution is 8.14. The molecule has 4 aliphatic rings. The van der Waals surface area contributed by atoms with E-state index in [2.05, 4.69) is 34.1 Å². The summed E-state index contributed by atoms with van der Waals surface area (Å²) >= 11 is 1.87. The van der Waals surface area contributed by atoms with Crippen molar-refractivity contribution < 1.29 is 9.53 Å². The minimum Gasteiger partial charge on any atom is -0.381 e. The Balaban J connectivity index is 1.35. The molecule has 0 aromatic heterocycles. The van der Waals surface area contributed by atoms with Crippen LogP contribution in [0.25, 0.3) is 0 Å². The number of allylic oxidation sites excluding steroid dienone is 2. The maximum atomic E-state index is 12.7. The number of hydrogen-bond donors (Lipinski definition) is 0. The first-order valence-corrected chi connectivity index (χ1v) is 9.90. The molecular weight excluding hydrogens is 322 g/mol. The summed E-state index contributed by atoms with van der Waals surface area (Å²) in [5.41, 5.74) is 0. The number of carbonyl (C=O) groups excluding carboxylic acids is 1. The Kier molecular flexibility index (Phi) is 4.94. The lowest BCUT2D eigenvalue weighted by Gasteiger charge is -2.28. The number of carbonyl (C=O) groups is 1. The summed E-state index contributed by atoms with van der Waals surface area (Å²) in [5.74, 6) is 0.502. The number of hydrogen-bond acceptors (Lipinski definition) is 5. The Bertz CT molecular complexity index is 569. The van der Waals surface area contributed by atoms with Gasteiger partial charge in [-0.1, -0.05) is 36.1 Å². The zero-order valence-electron chi connectivity index (χ0n) is 14.0. The van der Waals surface area contributed by atoms with Crippen molar-refractivity contribution in [2.45, 2.75) is 30.6 Å². The van der Waals surface area contributed by atoms with E-state index in [1.807, 2.05) is 11.8 Å². The predicted molar refractivity (Wildman–Crippen MR) is 97.2 cm³/mol. The van der Waals surface area contributed by atoms with Gasteiger partial charge >= 0.3 is 0 Å². The maximum absolute atomic E-state index is 12.7. The molecule has 6 heteroatoms. The molecule has 5 nitrogen and oxygen atoms in total. The van der Waals surface area contributed by atoms with Crippen molar-refractivity contribution in [3.63, 3.8) is 0 Å². The second-order valence-electron chi connectivity index (χ2n) is 6.81. The van der Waals surface area contributed by atoms with Crippen molar-refractivity contribution in [3.05, 3.63) is 24.3 Å². The van der Waals surface area contributed by atoms with E-state index < -0.39 is 0 Å². The zero-order chi connectivity index (χ0) is 16.4. The highest BCUT2D eigenvalue weighted by Gasteiger charge is 2.32. The molecule has 0 aromatic carbocycles. The van der Waals surface area contributed by atoms with E-state index in [0.717, 1.165) is 63.8 Å². The molecule has 0 saturated carbocycles. The van der Waals surface area contributed by atoms with Gasteiger partial charge in [-0.3, -0.25) is 9.79 Å². The van der Waals surface area contributed by atoms with Crippen molar-refractivity contribution in [3.8, 4) is 0 Å². The molecule has 0 N–H and O–H groups in total. The molecule has 2 unspecified atom stereocenters. The number of fused-ring (bicyclic) bond motifs is 1. The van der Waals surface area contributed by atoms with Gasteiger partial charge in [0.05, 0.1) is 11.3 Å². The van der Waals surface area contributed by atoms with E-state index >= 15 is 0 Å². The van der Waals surface area contributed by atoms with Gasteiger partial charge in [0.1, 0.15) is 0 Å². The molecule has 0 aromatic rings. The van der Waals surface area contributed by atoms with Gasteiger partial charge < -0.3 is 14.5 Å². The maximum Gasteiger partial charge on any atom is 0.225 e. The number of aliphatic imine (C=N–C) groups is 1. The lowest BCUT2D eigenvalue weighted by molar-refractivity contribution is -0.138. The van der Waals surface area contributed by atoms with Crippen LogP contribution in [0.5, 0.6) is 0 Å². The average molecular weight is 347 g/mol. The minimum atomic E-state index is 0.168. The molecule has 3 aliphatic heterocycles. The third-order valence-corrected chi connectivity index (χ3v) is 6.49. The number of amides is 1. The molecule has 2 fully saturated rings. The van der Waals surface area contributed by atoms with E-state index in [0.29, 0.717) is 17.2 Å². The second kappa shape index (κ2) is 7.31. The summed E-state index contributed by atoms with van der Waals surface area (Å²) in [6, 6.07) is 0.290. The predicted octanol–water partition coefficient (Wildman–Crippen LogP) is 1.91. The van der Waals surface area contributed by atoms with Crippen molar-refractivity contribution in [2.75, 3.05) is 39.4 Å². The summed E-state index contributed by atoms with van der Waals surface area (Å²) in [5, 5.41) is 1.61. The molecule has 130 valence electrons. The molecule has 2 atom stereocenters. The van der Waals surface area contributed by atoms with Gasteiger partial charge in [0.15, 0.2) is 5.17 Å². The summed E-state index contributed by atoms with van der Waals surface area (Å²) in [4.78, 5) is 22.1. The first-order chi connectivity index (χ1) is 11.8. The fourth-order valence-corrected chi connectivity index (χ4v) is 4.99. The molecule has 3 heterocycles. The quantitative estimate of drug-likeness (QED) is 0.727. The van der Waals surface area contributed by atoms with Crippen LogP contribution in [0.15, 0.2) is 29.3 Å². The van der Waals surface area contributed by atoms with Crippen LogP contribution >= 0.6 is 11.8 Å². The smallest absolute Gasteiger partial charge is 0.225 e. The van der Waals surface area contributed by atoms with Crippen molar-refractivity contribution in [1.29, 1.82) is 0 Å². The van der Waals surface area contributed by atoms with Crippen LogP contribution in [-0.4, -0.2) is 71.6 Å². The van der Waals surface area contributed by atoms with E-state index in [4.69, 9.17) is 9.73 Å². The number of rotatable bonds is 1. The van der Waals surface area contributed by atoms with Crippen molar-refractivity contribution in [2.24, 2.45) is 10.9 Å². The van der Waals surface area contributed by atoms with E-state index in [1.54, 1.807) is 0 Å². The van der Waals surface area contributed by atoms with Gasteiger partial charge in [-0.25, -0.2) is 0 Å². The lowest BCUT2D eigenvalue weighted by Crippen LogP contribution is -2.41. The van der Waals surface area contributed by atoms with Gasteiger partial charge in [0.2, 0.25) is 5.91 Å². The molecule has 0 bridgehead atoms. The molecule has 1 amide bonds. The molecule has 2 saturated heterocycles. The van der Waals surface area contributed by atoms with Crippen LogP contribution in [0.3, 0.4) is 0 Å². The van der Waals surface area contributed by atoms with Gasteiger partial charge in [-0.05, 0) is 19.3 Å². The van der Waals surface area contributed by atoms with E-state index in [9.17, 15) is 4.79 Å². The van der Waals surface area contributed by atoms with Crippen LogP contribution in [0.2, 0.25) is 0 Å². The Morgan fingerprint density at radius 3 is 2.79 bits per heavy atom. The monoisotopic (exact) mass is 347 g/mol. The Hall–Kier alpha value is -1.27. The van der Waals surface area contributed by atoms with Crippen molar-refractivity contribution in [1.82, 2.24) is 9.80 Å². The zero-order valence-corrected chi connectivity index (χ0v) is 14.8. The fourth-order valence-electron chi connectivity index (χ4n) is 3.77. The standard InChI is InChI=1S/C18H25N3O2S/c22-17(14-6-12-23-13-7-14)20-8-3-9-21(11-10-20)18-19-15-4-1-2-5-16(15)24-18/h1-2,4-5,14-16H,3,6-13H2. The number of thioether (sulfide) groups is 1. The summed E-state index contributed by atoms with van der Waals surface area (Å²) in [6.45, 7) is 5.04. The Labute approximate surface area is 147 Å². The van der Waals surface area contributed by atoms with Crippen molar-refractivity contribution >= 4 is 22.8 Å². The van der Waals surface area contributed by atoms with Crippen LogP contribution < -0.4 is 0 Å². The fraction of sp³-hybridized carbons (Fsp3) is 0.667. The Morgan fingerprint density at radius 1 is 1.12 bits per heavy atom. The number of nitrogens with zero attached hydrogens (tertiary/aromatic N) is 3. The Morgan fingerprint density at radius 2 is 1.96 bits per heavy atom. The lowest BCUT2D eigenvalue weighted by atomic mass is 9.98. The summed E-state index contributed by atoms with van der Waals surface area (Å²) in [7, 11) is 0. The third-order valence-electron chi connectivity index (χ3n) is 5.21. The molecule has 0 radical (unpaired) electrons. The topological polar surface area (TPSA) is 45.1 Å². The third kappa shape index (κ3) is 3.40. The molecular formula is C18H25N3O2S. The highest BCUT2D eigenvalue weighted by Crippen LogP contribution is 2.32. The molecule has 0 spiro atoms. The number of ether oxygens (including phenoxy) is 1. The van der Waals surface area contributed by atoms with E-state index in [1.165, 1.54) is 0 Å². The summed E-state index contributed by atoms with van der Waals surface area (Å²) in [6.07, 6.45) is 11.4. The van der Waals surface area contributed by atoms with Gasteiger partial charge in [-0.15, -0.1) is 0 Å². The average Bonchev–Trinajstić information content (AvgIpc) is 2.91. The first-order valence-electron chi connectivity index (χ1n) is 9.02. The highest BCUT2D eigenvalue weighted by atomic mass is 32.2. The minimum absolute atomic E-state index is 0.168. The van der Waals surface area contributed by atoms with Crippen LogP contribution in [0, 0.1) is 5.92 Å². The van der Waals surface area contributed by atoms with Crippen LogP contribution in [0.4, 0.5) is 0 Å². The molecule has 4 rings (SSSR count). The largest absolute Gasteiger partial charge is 0.381 e. The second-order valence-corrected chi connectivity index (χ2v) is 7.95. The molecule has 1 aliphatic carbocycles. The normalized spacial score (nSPS) is 30.9. The first kappa shape index (κ1) is 16.2. The van der Waals surface area contributed by atoms with Gasteiger partial charge in [-0.2, -0.15) is 0 Å². The van der Waals surface area contributed by atoms with Crippen LogP contribution in [-0.2, 0) is 9.53 Å². The van der Waals surface area contributed by atoms with Crippen LogP contribution in [0.1, 0.15) is 19.3 Å². The summed E-state index contributed by atoms with van der Waals surface area (Å²) < 4.78 is 5.38. The molecule has 24 heavy (non-hydrogen) atoms. The SMILES string of the molecule is O=C(C1CCOCC1)N1CCCN(C2=NC3C=CC=CC3S2)CC1. The number of amidine groups is 1. The van der Waals surface area contributed by atoms with E-state index in [-0.39, 0.29) is 5.92 Å². The van der Waals surface area contributed by atoms with Gasteiger partial charge in [0, 0.05) is 45.3 Å². The van der Waals surface area contributed by atoms with Gasteiger partial charge in [0.25, 0.3) is 0 Å².